The molecule has 0 heterocycles. The van der Waals surface area contributed by atoms with Crippen LogP contribution in [0.5, 0.6) is 0 Å². The molecule has 0 fully saturated rings. The van der Waals surface area contributed by atoms with Crippen LogP contribution in [0.25, 0.3) is 0 Å². The lowest BCUT2D eigenvalue weighted by molar-refractivity contribution is 0.0686. The van der Waals surface area contributed by atoms with Crippen molar-refractivity contribution in [3.63, 3.8) is 0 Å². The minimum atomic E-state index is -0.879. The molecule has 4 nitrogen and oxygen atoms in total. The smallest absolute Gasteiger partial charge is 0.335 e. The minimum Gasteiger partial charge on any atom is -0.478 e. The van der Waals surface area contributed by atoms with Crippen LogP contribution in [0.3, 0.4) is 0 Å². The van der Waals surface area contributed by atoms with Gasteiger partial charge in [-0.15, -0.1) is 0 Å². The summed E-state index contributed by atoms with van der Waals surface area (Å²) in [7, 11) is 0. The van der Waals surface area contributed by atoms with Crippen molar-refractivity contribution >= 4 is 11.9 Å². The van der Waals surface area contributed by atoms with Gasteiger partial charge in [0.2, 0.25) is 0 Å². The molecule has 0 saturated heterocycles. The molecule has 0 bridgehead atoms. The van der Waals surface area contributed by atoms with Crippen LogP contribution in [-0.2, 0) is 0 Å². The van der Waals surface area contributed by atoms with Gasteiger partial charge >= 0.3 is 11.9 Å². The third-order valence-corrected chi connectivity index (χ3v) is 2.86. The van der Waals surface area contributed by atoms with Crippen LogP contribution in [-0.4, -0.2) is 22.2 Å². The van der Waals surface area contributed by atoms with E-state index in [9.17, 15) is 9.59 Å². The minimum absolute atomic E-state index is 0.331. The van der Waals surface area contributed by atoms with Crippen molar-refractivity contribution in [3.05, 3.63) is 71.8 Å². The van der Waals surface area contributed by atoms with Crippen LogP contribution in [0.4, 0.5) is 0 Å². The number of benzene rings is 2. The maximum Gasteiger partial charge on any atom is 0.335 e. The Hall–Kier alpha value is -2.62. The van der Waals surface area contributed by atoms with Crippen LogP contribution in [0, 0.1) is 5.92 Å². The second kappa shape index (κ2) is 17.2. The predicted molar refractivity (Wildman–Crippen MR) is 108 cm³/mol. The SMILES string of the molecule is CCC.CCC(C)C.O=C(O)c1ccccc1.O=C(O)c1ccccc1. The second-order valence-electron chi connectivity index (χ2n) is 5.85. The summed E-state index contributed by atoms with van der Waals surface area (Å²) in [4.78, 5) is 20.4. The molecule has 0 aliphatic heterocycles. The molecule has 4 heteroatoms. The van der Waals surface area contributed by atoms with Crippen LogP contribution < -0.4 is 0 Å². The molecule has 0 radical (unpaired) electrons. The van der Waals surface area contributed by atoms with E-state index in [2.05, 4.69) is 34.6 Å². The van der Waals surface area contributed by atoms with Crippen molar-refractivity contribution in [1.29, 1.82) is 0 Å². The van der Waals surface area contributed by atoms with Crippen molar-refractivity contribution in [2.24, 2.45) is 5.92 Å². The van der Waals surface area contributed by atoms with Crippen molar-refractivity contribution < 1.29 is 19.8 Å². The molecule has 2 N–H and O–H groups in total. The number of hydrogen-bond donors (Lipinski definition) is 2. The van der Waals surface area contributed by atoms with Crippen LogP contribution in [0.15, 0.2) is 60.7 Å². The van der Waals surface area contributed by atoms with Gasteiger partial charge in [-0.05, 0) is 30.2 Å². The molecule has 0 unspecified atom stereocenters. The summed E-state index contributed by atoms with van der Waals surface area (Å²) in [6.45, 7) is 10.9. The summed E-state index contributed by atoms with van der Waals surface area (Å²) >= 11 is 0. The Bertz CT molecular complexity index is 528. The largest absolute Gasteiger partial charge is 0.478 e. The molecular formula is C22H32O4. The van der Waals surface area contributed by atoms with Crippen molar-refractivity contribution in [2.45, 2.75) is 47.5 Å². The Balaban J connectivity index is 0. The van der Waals surface area contributed by atoms with E-state index in [1.807, 2.05) is 0 Å². The van der Waals surface area contributed by atoms with E-state index in [-0.39, 0.29) is 0 Å². The zero-order valence-electron chi connectivity index (χ0n) is 16.5. The second-order valence-corrected chi connectivity index (χ2v) is 5.85. The van der Waals surface area contributed by atoms with E-state index in [1.165, 1.54) is 12.8 Å². The predicted octanol–water partition coefficient (Wildman–Crippen LogP) is 6.24. The summed E-state index contributed by atoms with van der Waals surface area (Å²) in [5.41, 5.74) is 0.662. The van der Waals surface area contributed by atoms with Gasteiger partial charge in [0.05, 0.1) is 11.1 Å². The third-order valence-electron chi connectivity index (χ3n) is 2.86. The van der Waals surface area contributed by atoms with Gasteiger partial charge in [0, 0.05) is 0 Å². The van der Waals surface area contributed by atoms with Crippen LogP contribution >= 0.6 is 0 Å². The fourth-order valence-electron chi connectivity index (χ4n) is 1.16. The average Bonchev–Trinajstić information content (AvgIpc) is 2.65. The fraction of sp³-hybridized carbons (Fsp3) is 0.364. The maximum atomic E-state index is 10.2. The quantitative estimate of drug-likeness (QED) is 0.679. The summed E-state index contributed by atoms with van der Waals surface area (Å²) in [6, 6.07) is 16.6. The Morgan fingerprint density at radius 2 is 0.962 bits per heavy atom. The molecule has 2 rings (SSSR count). The maximum absolute atomic E-state index is 10.2. The highest BCUT2D eigenvalue weighted by Crippen LogP contribution is 1.97. The molecule has 2 aromatic rings. The van der Waals surface area contributed by atoms with E-state index >= 15 is 0 Å². The van der Waals surface area contributed by atoms with Gasteiger partial charge in [-0.2, -0.15) is 0 Å². The molecule has 0 aromatic heterocycles. The fourth-order valence-corrected chi connectivity index (χ4v) is 1.16. The zero-order valence-corrected chi connectivity index (χ0v) is 16.5. The lowest BCUT2D eigenvalue weighted by Crippen LogP contribution is -1.93. The molecule has 144 valence electrons. The van der Waals surface area contributed by atoms with E-state index in [1.54, 1.807) is 60.7 Å². The summed E-state index contributed by atoms with van der Waals surface area (Å²) in [6.07, 6.45) is 2.56. The molecule has 0 atom stereocenters. The lowest BCUT2D eigenvalue weighted by Gasteiger charge is -1.90. The zero-order chi connectivity index (χ0) is 20.4. The number of carbonyl (C=O) groups is 2. The standard InChI is InChI=1S/2C7H6O2.C5H12.C3H8/c2*8-7(9)6-4-2-1-3-5-6;1-4-5(2)3;1-3-2/h2*1-5H,(H,8,9);5H,4H2,1-3H3;3H2,1-2H3. The Kier molecular flexibility index (Phi) is 17.0. The van der Waals surface area contributed by atoms with Gasteiger partial charge in [-0.25, -0.2) is 9.59 Å². The van der Waals surface area contributed by atoms with Crippen molar-refractivity contribution in [2.75, 3.05) is 0 Å². The molecular weight excluding hydrogens is 328 g/mol. The van der Waals surface area contributed by atoms with Gasteiger partial charge in [-0.3, -0.25) is 0 Å². The molecule has 0 amide bonds. The molecule has 2 aromatic carbocycles. The number of aromatic carboxylic acids is 2. The van der Waals surface area contributed by atoms with Gasteiger partial charge in [-0.1, -0.05) is 83.9 Å². The normalized spacial score (nSPS) is 8.69. The van der Waals surface area contributed by atoms with E-state index in [0.717, 1.165) is 5.92 Å². The van der Waals surface area contributed by atoms with Crippen molar-refractivity contribution in [3.8, 4) is 0 Å². The molecule has 0 aliphatic carbocycles. The van der Waals surface area contributed by atoms with Gasteiger partial charge in [0.1, 0.15) is 0 Å². The van der Waals surface area contributed by atoms with E-state index in [4.69, 9.17) is 10.2 Å². The first-order valence-corrected chi connectivity index (χ1v) is 8.86. The van der Waals surface area contributed by atoms with Crippen molar-refractivity contribution in [1.82, 2.24) is 0 Å². The van der Waals surface area contributed by atoms with Gasteiger partial charge in [0.25, 0.3) is 0 Å². The van der Waals surface area contributed by atoms with E-state index in [0.29, 0.717) is 11.1 Å². The highest BCUT2D eigenvalue weighted by Gasteiger charge is 1.97. The number of carboxylic acid groups (broad SMARTS) is 2. The van der Waals surface area contributed by atoms with Gasteiger partial charge in [0.15, 0.2) is 0 Å². The number of carboxylic acids is 2. The lowest BCUT2D eigenvalue weighted by atomic mass is 10.2. The first kappa shape index (κ1) is 25.6. The Labute approximate surface area is 157 Å². The van der Waals surface area contributed by atoms with E-state index < -0.39 is 11.9 Å². The monoisotopic (exact) mass is 360 g/mol. The molecule has 0 saturated carbocycles. The summed E-state index contributed by atoms with van der Waals surface area (Å²) < 4.78 is 0. The molecule has 0 aliphatic rings. The highest BCUT2D eigenvalue weighted by atomic mass is 16.4. The van der Waals surface area contributed by atoms with Crippen LogP contribution in [0.1, 0.15) is 68.2 Å². The highest BCUT2D eigenvalue weighted by molar-refractivity contribution is 5.87. The van der Waals surface area contributed by atoms with Gasteiger partial charge < -0.3 is 10.2 Å². The first-order valence-electron chi connectivity index (χ1n) is 8.86. The molecule has 26 heavy (non-hydrogen) atoms. The third kappa shape index (κ3) is 16.2. The Morgan fingerprint density at radius 3 is 1.08 bits per heavy atom. The average molecular weight is 360 g/mol. The molecule has 0 spiro atoms. The summed E-state index contributed by atoms with van der Waals surface area (Å²) in [5.74, 6) is -0.874. The van der Waals surface area contributed by atoms with Crippen LogP contribution in [0.2, 0.25) is 0 Å². The Morgan fingerprint density at radius 1 is 0.731 bits per heavy atom. The number of rotatable bonds is 3. The topological polar surface area (TPSA) is 74.6 Å². The summed E-state index contributed by atoms with van der Waals surface area (Å²) in [5, 5.41) is 16.8. The number of hydrogen-bond acceptors (Lipinski definition) is 2. The first-order chi connectivity index (χ1) is 12.3.